The lowest BCUT2D eigenvalue weighted by Crippen LogP contribution is -2.54. The quantitative estimate of drug-likeness (QED) is 0.284. The molecule has 2 unspecified atom stereocenters. The summed E-state index contributed by atoms with van der Waals surface area (Å²) in [5.41, 5.74) is 5.49. The Hall–Kier alpha value is -0.820. The molecular formula is C8H17N3O3S. The summed E-state index contributed by atoms with van der Waals surface area (Å²) in [7, 11) is -2.92. The summed E-state index contributed by atoms with van der Waals surface area (Å²) in [6.07, 6.45) is 0. The third-order valence-corrected chi connectivity index (χ3v) is 4.56. The predicted molar refractivity (Wildman–Crippen MR) is 57.7 cm³/mol. The van der Waals surface area contributed by atoms with Crippen LogP contribution in [-0.4, -0.2) is 54.5 Å². The maximum Gasteiger partial charge on any atom is 0.156 e. The Kier molecular flexibility index (Phi) is 3.56. The van der Waals surface area contributed by atoms with Crippen LogP contribution in [0.1, 0.15) is 13.8 Å². The molecule has 2 atom stereocenters. The zero-order valence-corrected chi connectivity index (χ0v) is 9.74. The van der Waals surface area contributed by atoms with Gasteiger partial charge in [-0.15, -0.1) is 0 Å². The lowest BCUT2D eigenvalue weighted by Gasteiger charge is -2.36. The van der Waals surface area contributed by atoms with E-state index in [1.54, 1.807) is 6.92 Å². The molecule has 0 aromatic carbocycles. The van der Waals surface area contributed by atoms with Crippen molar-refractivity contribution in [2.45, 2.75) is 25.9 Å². The second-order valence-corrected chi connectivity index (χ2v) is 6.13. The van der Waals surface area contributed by atoms with Gasteiger partial charge in [-0.2, -0.15) is 0 Å². The molecule has 1 aliphatic rings. The highest BCUT2D eigenvalue weighted by Gasteiger charge is 2.32. The molecule has 0 spiro atoms. The van der Waals surface area contributed by atoms with E-state index in [2.05, 4.69) is 5.16 Å². The molecule has 1 heterocycles. The van der Waals surface area contributed by atoms with E-state index in [0.29, 0.717) is 6.54 Å². The number of hydrogen-bond acceptors (Lipinski definition) is 5. The first-order valence-electron chi connectivity index (χ1n) is 4.81. The van der Waals surface area contributed by atoms with E-state index in [-0.39, 0.29) is 29.4 Å². The Balaban J connectivity index is 2.74. The molecule has 0 bridgehead atoms. The van der Waals surface area contributed by atoms with Crippen molar-refractivity contribution in [3.05, 3.63) is 0 Å². The molecule has 0 aliphatic carbocycles. The second kappa shape index (κ2) is 4.36. The number of amidine groups is 1. The average Bonchev–Trinajstić information content (AvgIpc) is 2.14. The normalized spacial score (nSPS) is 30.0. The molecule has 0 aromatic heterocycles. The summed E-state index contributed by atoms with van der Waals surface area (Å²) < 4.78 is 22.7. The molecular weight excluding hydrogens is 218 g/mol. The van der Waals surface area contributed by atoms with E-state index in [0.717, 1.165) is 0 Å². The second-order valence-electron chi connectivity index (χ2n) is 3.90. The van der Waals surface area contributed by atoms with Gasteiger partial charge in [0, 0.05) is 12.6 Å². The van der Waals surface area contributed by atoms with Crippen molar-refractivity contribution < 1.29 is 13.6 Å². The third-order valence-electron chi connectivity index (χ3n) is 2.76. The third kappa shape index (κ3) is 2.82. The Morgan fingerprint density at radius 2 is 2.27 bits per heavy atom. The van der Waals surface area contributed by atoms with Crippen molar-refractivity contribution >= 4 is 15.7 Å². The van der Waals surface area contributed by atoms with Gasteiger partial charge in [0.25, 0.3) is 0 Å². The molecule has 3 N–H and O–H groups in total. The molecule has 1 fully saturated rings. The van der Waals surface area contributed by atoms with Crippen LogP contribution in [0.4, 0.5) is 0 Å². The predicted octanol–water partition coefficient (Wildman–Crippen LogP) is -0.760. The highest BCUT2D eigenvalue weighted by Crippen LogP contribution is 2.14. The van der Waals surface area contributed by atoms with Crippen molar-refractivity contribution in [1.29, 1.82) is 0 Å². The fraction of sp³-hybridized carbons (Fsp3) is 0.875. The summed E-state index contributed by atoms with van der Waals surface area (Å²) >= 11 is 0. The molecule has 15 heavy (non-hydrogen) atoms. The van der Waals surface area contributed by atoms with Gasteiger partial charge in [0.05, 0.1) is 17.5 Å². The van der Waals surface area contributed by atoms with Crippen molar-refractivity contribution in [2.75, 3.05) is 18.1 Å². The number of sulfone groups is 1. The van der Waals surface area contributed by atoms with E-state index in [9.17, 15) is 8.42 Å². The van der Waals surface area contributed by atoms with Gasteiger partial charge in [-0.3, -0.25) is 4.90 Å². The molecule has 7 heteroatoms. The zero-order chi connectivity index (χ0) is 11.6. The van der Waals surface area contributed by atoms with Gasteiger partial charge in [-0.05, 0) is 13.8 Å². The number of oxime groups is 1. The van der Waals surface area contributed by atoms with E-state index in [1.165, 1.54) is 0 Å². The van der Waals surface area contributed by atoms with Crippen LogP contribution in [0.15, 0.2) is 5.16 Å². The molecule has 1 aliphatic heterocycles. The SMILES string of the molecule is CC1CS(=O)(=O)CCN1C(C)C(N)=NO. The molecule has 6 nitrogen and oxygen atoms in total. The fourth-order valence-corrected chi connectivity index (χ4v) is 3.42. The maximum absolute atomic E-state index is 11.3. The van der Waals surface area contributed by atoms with Crippen molar-refractivity contribution in [2.24, 2.45) is 10.9 Å². The molecule has 0 aromatic rings. The van der Waals surface area contributed by atoms with Gasteiger partial charge in [0.15, 0.2) is 15.7 Å². The smallest absolute Gasteiger partial charge is 0.156 e. The lowest BCUT2D eigenvalue weighted by atomic mass is 10.2. The van der Waals surface area contributed by atoms with Gasteiger partial charge in [0.2, 0.25) is 0 Å². The minimum Gasteiger partial charge on any atom is -0.409 e. The molecule has 88 valence electrons. The Labute approximate surface area is 89.7 Å². The summed E-state index contributed by atoms with van der Waals surface area (Å²) in [5.74, 6) is 0.386. The molecule has 1 saturated heterocycles. The van der Waals surface area contributed by atoms with Crippen LogP contribution in [0.5, 0.6) is 0 Å². The Bertz CT molecular complexity index is 352. The van der Waals surface area contributed by atoms with Crippen LogP contribution in [0.3, 0.4) is 0 Å². The van der Waals surface area contributed by atoms with E-state index < -0.39 is 9.84 Å². The highest BCUT2D eigenvalue weighted by molar-refractivity contribution is 7.91. The van der Waals surface area contributed by atoms with Crippen LogP contribution >= 0.6 is 0 Å². The van der Waals surface area contributed by atoms with Gasteiger partial charge >= 0.3 is 0 Å². The molecule has 0 radical (unpaired) electrons. The number of nitrogens with zero attached hydrogens (tertiary/aromatic N) is 2. The summed E-state index contributed by atoms with van der Waals surface area (Å²) in [6, 6.07) is -0.334. The molecule has 0 amide bonds. The van der Waals surface area contributed by atoms with Crippen LogP contribution in [0.25, 0.3) is 0 Å². The number of rotatable bonds is 2. The number of hydrogen-bond donors (Lipinski definition) is 2. The molecule has 1 rings (SSSR count). The first-order valence-corrected chi connectivity index (χ1v) is 6.63. The lowest BCUT2D eigenvalue weighted by molar-refractivity contribution is 0.202. The standard InChI is InChI=1S/C8H17N3O3S/c1-6-5-15(13,14)4-3-11(6)7(2)8(9)10-12/h6-7,12H,3-5H2,1-2H3,(H2,9,10). The van der Waals surface area contributed by atoms with Crippen LogP contribution in [-0.2, 0) is 9.84 Å². The van der Waals surface area contributed by atoms with Crippen molar-refractivity contribution in [3.8, 4) is 0 Å². The van der Waals surface area contributed by atoms with Crippen molar-refractivity contribution in [1.82, 2.24) is 4.90 Å². The van der Waals surface area contributed by atoms with Gasteiger partial charge in [-0.25, -0.2) is 8.42 Å². The fourth-order valence-electron chi connectivity index (χ4n) is 1.84. The zero-order valence-electron chi connectivity index (χ0n) is 8.92. The largest absolute Gasteiger partial charge is 0.409 e. The Morgan fingerprint density at radius 1 is 1.67 bits per heavy atom. The maximum atomic E-state index is 11.3. The van der Waals surface area contributed by atoms with Gasteiger partial charge in [-0.1, -0.05) is 5.16 Å². The van der Waals surface area contributed by atoms with E-state index in [4.69, 9.17) is 10.9 Å². The first-order chi connectivity index (χ1) is 6.87. The highest BCUT2D eigenvalue weighted by atomic mass is 32.2. The van der Waals surface area contributed by atoms with Crippen LogP contribution in [0.2, 0.25) is 0 Å². The number of nitrogens with two attached hydrogens (primary N) is 1. The molecule has 0 saturated carbocycles. The first kappa shape index (κ1) is 12.3. The summed E-state index contributed by atoms with van der Waals surface area (Å²) in [4.78, 5) is 1.93. The average molecular weight is 235 g/mol. The van der Waals surface area contributed by atoms with Crippen LogP contribution < -0.4 is 5.73 Å². The van der Waals surface area contributed by atoms with Gasteiger partial charge in [0.1, 0.15) is 0 Å². The van der Waals surface area contributed by atoms with E-state index >= 15 is 0 Å². The van der Waals surface area contributed by atoms with Crippen molar-refractivity contribution in [3.63, 3.8) is 0 Å². The Morgan fingerprint density at radius 3 is 2.73 bits per heavy atom. The summed E-state index contributed by atoms with van der Waals surface area (Å²) in [6.45, 7) is 4.06. The topological polar surface area (TPSA) is 96.0 Å². The van der Waals surface area contributed by atoms with E-state index in [1.807, 2.05) is 11.8 Å². The summed E-state index contributed by atoms with van der Waals surface area (Å²) in [5, 5.41) is 11.5. The minimum absolute atomic E-state index is 0.0981. The van der Waals surface area contributed by atoms with Crippen LogP contribution in [0, 0.1) is 0 Å². The minimum atomic E-state index is -2.92. The monoisotopic (exact) mass is 235 g/mol. The van der Waals surface area contributed by atoms with Gasteiger partial charge < -0.3 is 10.9 Å².